The van der Waals surface area contributed by atoms with Crippen molar-refractivity contribution in [2.45, 2.75) is 27.7 Å². The van der Waals surface area contributed by atoms with Gasteiger partial charge in [-0.05, 0) is 27.7 Å². The molecular weight excluding hydrogens is 234 g/mol. The zero-order valence-corrected chi connectivity index (χ0v) is 10.9. The summed E-state index contributed by atoms with van der Waals surface area (Å²) in [4.78, 5) is 29.4. The molecule has 1 amide bonds. The second kappa shape index (κ2) is 5.03. The van der Waals surface area contributed by atoms with E-state index in [1.54, 1.807) is 27.7 Å². The molecule has 0 fully saturated rings. The highest BCUT2D eigenvalue weighted by Crippen LogP contribution is 2.25. The molecule has 6 nitrogen and oxygen atoms in total. The molecule has 0 saturated carbocycles. The van der Waals surface area contributed by atoms with Gasteiger partial charge in [-0.1, -0.05) is 0 Å². The second-order valence-electron chi connectivity index (χ2n) is 4.88. The van der Waals surface area contributed by atoms with E-state index in [1.165, 1.54) is 6.20 Å². The normalized spacial score (nSPS) is 11.8. The van der Waals surface area contributed by atoms with Crippen LogP contribution in [0.3, 0.4) is 0 Å². The fraction of sp³-hybridized carbons (Fsp3) is 0.417. The van der Waals surface area contributed by atoms with Crippen molar-refractivity contribution in [3.63, 3.8) is 0 Å². The molecule has 0 unspecified atom stereocenters. The number of aromatic nitrogens is 1. The first-order valence-electron chi connectivity index (χ1n) is 5.46. The van der Waals surface area contributed by atoms with Gasteiger partial charge in [-0.2, -0.15) is 4.99 Å². The molecule has 3 N–H and O–H groups in total. The smallest absolute Gasteiger partial charge is 0.316 e. The van der Waals surface area contributed by atoms with Crippen LogP contribution in [-0.4, -0.2) is 23.2 Å². The highest BCUT2D eigenvalue weighted by Gasteiger charge is 2.25. The minimum Gasteiger partial charge on any atom is -0.424 e. The molecule has 0 aromatic carbocycles. The third-order valence-electron chi connectivity index (χ3n) is 2.31. The first-order valence-corrected chi connectivity index (χ1v) is 5.46. The number of nitrogens with one attached hydrogen (secondary N) is 1. The molecule has 0 aliphatic rings. The number of aromatic amines is 1. The maximum Gasteiger partial charge on any atom is 0.316 e. The van der Waals surface area contributed by atoms with Gasteiger partial charge in [-0.3, -0.25) is 9.59 Å². The van der Waals surface area contributed by atoms with Crippen molar-refractivity contribution >= 4 is 18.2 Å². The van der Waals surface area contributed by atoms with Gasteiger partial charge in [-0.15, -0.1) is 0 Å². The average Bonchev–Trinajstić information content (AvgIpc) is 2.59. The van der Waals surface area contributed by atoms with Crippen LogP contribution in [0.15, 0.2) is 11.2 Å². The first-order chi connectivity index (χ1) is 8.27. The van der Waals surface area contributed by atoms with Crippen molar-refractivity contribution in [3.8, 4) is 5.75 Å². The molecule has 0 aliphatic heterocycles. The summed E-state index contributed by atoms with van der Waals surface area (Å²) < 4.78 is 5.21. The van der Waals surface area contributed by atoms with E-state index in [-0.39, 0.29) is 11.7 Å². The van der Waals surface area contributed by atoms with E-state index in [4.69, 9.17) is 10.5 Å². The molecule has 6 heteroatoms. The number of nitrogens with two attached hydrogens (primary N) is 1. The molecule has 0 aliphatic carbocycles. The van der Waals surface area contributed by atoms with E-state index in [0.29, 0.717) is 11.3 Å². The minimum atomic E-state index is -0.608. The lowest BCUT2D eigenvalue weighted by Gasteiger charge is -2.15. The van der Waals surface area contributed by atoms with E-state index in [1.807, 2.05) is 0 Å². The van der Waals surface area contributed by atoms with Crippen LogP contribution in [0, 0.1) is 12.3 Å². The molecule has 0 atom stereocenters. The number of amides is 1. The van der Waals surface area contributed by atoms with Crippen LogP contribution in [0.5, 0.6) is 5.75 Å². The van der Waals surface area contributed by atoms with E-state index < -0.39 is 11.3 Å². The maximum absolute atomic E-state index is 11.7. The van der Waals surface area contributed by atoms with Gasteiger partial charge in [0.1, 0.15) is 5.69 Å². The largest absolute Gasteiger partial charge is 0.424 e. The Labute approximate surface area is 105 Å². The third kappa shape index (κ3) is 2.97. The highest BCUT2D eigenvalue weighted by atomic mass is 16.5. The monoisotopic (exact) mass is 251 g/mol. The number of aliphatic imine (C=N–C) groups is 1. The predicted molar refractivity (Wildman–Crippen MR) is 67.6 cm³/mol. The molecule has 98 valence electrons. The summed E-state index contributed by atoms with van der Waals surface area (Å²) >= 11 is 0. The van der Waals surface area contributed by atoms with E-state index in [0.717, 1.165) is 6.34 Å². The number of rotatable bonds is 2. The summed E-state index contributed by atoms with van der Waals surface area (Å²) in [6.45, 7) is 6.92. The molecule has 1 aromatic heterocycles. The Balaban J connectivity index is 2.95. The minimum absolute atomic E-state index is 0.258. The van der Waals surface area contributed by atoms with Gasteiger partial charge in [0.15, 0.2) is 5.75 Å². The summed E-state index contributed by atoms with van der Waals surface area (Å²) in [5.41, 5.74) is 5.23. The molecule has 1 rings (SSSR count). The molecule has 0 bridgehead atoms. The maximum atomic E-state index is 11.7. The lowest BCUT2D eigenvalue weighted by Crippen LogP contribution is -2.25. The molecule has 18 heavy (non-hydrogen) atoms. The van der Waals surface area contributed by atoms with Crippen LogP contribution >= 0.6 is 0 Å². The highest BCUT2D eigenvalue weighted by molar-refractivity contribution is 5.99. The summed E-state index contributed by atoms with van der Waals surface area (Å²) in [5, 5.41) is 0. The quantitative estimate of drug-likeness (QED) is 0.471. The number of ether oxygens (including phenoxy) is 1. The third-order valence-corrected chi connectivity index (χ3v) is 2.31. The second-order valence-corrected chi connectivity index (χ2v) is 4.88. The molecular formula is C12H17N3O3. The van der Waals surface area contributed by atoms with Crippen molar-refractivity contribution in [1.29, 1.82) is 0 Å². The summed E-state index contributed by atoms with van der Waals surface area (Å²) in [5.74, 6) is -0.551. The molecule has 0 radical (unpaired) electrons. The van der Waals surface area contributed by atoms with Crippen molar-refractivity contribution in [1.82, 2.24) is 4.98 Å². The molecule has 0 saturated heterocycles. The number of hydrogen-bond acceptors (Lipinski definition) is 3. The predicted octanol–water partition coefficient (Wildman–Crippen LogP) is 1.40. The fourth-order valence-corrected chi connectivity index (χ4v) is 1.19. The summed E-state index contributed by atoms with van der Waals surface area (Å²) in [7, 11) is 0. The summed E-state index contributed by atoms with van der Waals surface area (Å²) in [6, 6.07) is 0. The molecule has 0 spiro atoms. The van der Waals surface area contributed by atoms with E-state index in [9.17, 15) is 9.59 Å². The van der Waals surface area contributed by atoms with Crippen LogP contribution in [0.1, 0.15) is 36.8 Å². The van der Waals surface area contributed by atoms with Gasteiger partial charge >= 0.3 is 5.97 Å². The van der Waals surface area contributed by atoms with Crippen LogP contribution in [-0.2, 0) is 4.79 Å². The van der Waals surface area contributed by atoms with Gasteiger partial charge in [0.25, 0.3) is 5.91 Å². The SMILES string of the molecule is Cc1c(OC(=O)C(C)(C)C)c[nH]c1C(=O)N=CN. The molecule has 1 heterocycles. The number of nitrogens with zero attached hydrogens (tertiary/aromatic N) is 1. The van der Waals surface area contributed by atoms with Crippen LogP contribution < -0.4 is 10.5 Å². The van der Waals surface area contributed by atoms with Gasteiger partial charge in [0, 0.05) is 11.8 Å². The van der Waals surface area contributed by atoms with E-state index >= 15 is 0 Å². The molecule has 1 aromatic rings. The van der Waals surface area contributed by atoms with E-state index in [2.05, 4.69) is 9.98 Å². The Hall–Kier alpha value is -2.11. The Bertz CT molecular complexity index is 495. The van der Waals surface area contributed by atoms with Gasteiger partial charge in [-0.25, -0.2) is 0 Å². The zero-order valence-electron chi connectivity index (χ0n) is 10.9. The Morgan fingerprint density at radius 1 is 1.44 bits per heavy atom. The van der Waals surface area contributed by atoms with Crippen molar-refractivity contribution < 1.29 is 14.3 Å². The number of esters is 1. The van der Waals surface area contributed by atoms with Crippen LogP contribution in [0.2, 0.25) is 0 Å². The van der Waals surface area contributed by atoms with Gasteiger partial charge in [0.05, 0.1) is 11.8 Å². The van der Waals surface area contributed by atoms with Crippen LogP contribution in [0.25, 0.3) is 0 Å². The Morgan fingerprint density at radius 2 is 2.06 bits per heavy atom. The summed E-state index contributed by atoms with van der Waals surface area (Å²) in [6.07, 6.45) is 2.38. The fourth-order valence-electron chi connectivity index (χ4n) is 1.19. The van der Waals surface area contributed by atoms with Crippen LogP contribution in [0.4, 0.5) is 0 Å². The standard InChI is InChI=1S/C12H17N3O3/c1-7-8(18-11(17)12(2,3)4)5-14-9(7)10(16)15-6-13/h5-6,14H,1-4H3,(H2,13,15,16). The zero-order chi connectivity index (χ0) is 13.9. The van der Waals surface area contributed by atoms with Crippen molar-refractivity contribution in [2.75, 3.05) is 0 Å². The number of carbonyl (C=O) groups is 2. The number of H-pyrrole nitrogens is 1. The Morgan fingerprint density at radius 3 is 2.56 bits per heavy atom. The Kier molecular flexibility index (Phi) is 3.90. The average molecular weight is 251 g/mol. The van der Waals surface area contributed by atoms with Gasteiger partial charge < -0.3 is 15.5 Å². The van der Waals surface area contributed by atoms with Gasteiger partial charge in [0.2, 0.25) is 0 Å². The lowest BCUT2D eigenvalue weighted by molar-refractivity contribution is -0.143. The number of carbonyl (C=O) groups excluding carboxylic acids is 2. The number of hydrogen-bond donors (Lipinski definition) is 2. The van der Waals surface area contributed by atoms with Crippen molar-refractivity contribution in [3.05, 3.63) is 17.5 Å². The topological polar surface area (TPSA) is 97.5 Å². The van der Waals surface area contributed by atoms with Crippen molar-refractivity contribution in [2.24, 2.45) is 16.1 Å². The first kappa shape index (κ1) is 14.0. The lowest BCUT2D eigenvalue weighted by atomic mass is 9.97.